The van der Waals surface area contributed by atoms with Gasteiger partial charge in [0.25, 0.3) is 5.19 Å². The lowest BCUT2D eigenvalue weighted by molar-refractivity contribution is 0.130. The summed E-state index contributed by atoms with van der Waals surface area (Å²) in [4.78, 5) is 15.6. The number of halogens is 1. The fourth-order valence-corrected chi connectivity index (χ4v) is 4.66. The molecule has 4 aromatic heterocycles. The van der Waals surface area contributed by atoms with E-state index in [1.807, 2.05) is 13.8 Å². The standard InChI is InChI=1S/C21H24FN7O2S/c1-12(2)18-25-19(31-27-18)28-8-5-14(6-9-28)13(3)30-21-26-29-11-17(24-20(29)32-21)15-4-7-23-10-16(15)22/h4,7,10-14H,5-6,8-9H2,1-3H3. The number of fused-ring (bicyclic) bond motifs is 1. The van der Waals surface area contributed by atoms with Crippen molar-refractivity contribution < 1.29 is 13.7 Å². The van der Waals surface area contributed by atoms with E-state index in [-0.39, 0.29) is 12.0 Å². The van der Waals surface area contributed by atoms with E-state index in [0.717, 1.165) is 31.8 Å². The Kier molecular flexibility index (Phi) is 5.50. The highest BCUT2D eigenvalue weighted by Gasteiger charge is 2.28. The maximum absolute atomic E-state index is 14.0. The van der Waals surface area contributed by atoms with Crippen LogP contribution in [0.4, 0.5) is 10.4 Å². The molecule has 168 valence electrons. The third-order valence-electron chi connectivity index (χ3n) is 5.78. The van der Waals surface area contributed by atoms with E-state index in [1.165, 1.54) is 17.5 Å². The maximum Gasteiger partial charge on any atom is 0.324 e. The van der Waals surface area contributed by atoms with Gasteiger partial charge in [-0.1, -0.05) is 19.0 Å². The van der Waals surface area contributed by atoms with Crippen molar-refractivity contribution in [2.45, 2.75) is 45.6 Å². The second-order valence-corrected chi connectivity index (χ2v) is 9.23. The van der Waals surface area contributed by atoms with Crippen molar-refractivity contribution in [1.29, 1.82) is 0 Å². The van der Waals surface area contributed by atoms with Crippen molar-refractivity contribution in [2.75, 3.05) is 18.0 Å². The lowest BCUT2D eigenvalue weighted by Gasteiger charge is -2.33. The topological polar surface area (TPSA) is 94.5 Å². The van der Waals surface area contributed by atoms with Crippen LogP contribution in [0.1, 0.15) is 45.4 Å². The van der Waals surface area contributed by atoms with Crippen LogP contribution < -0.4 is 9.64 Å². The molecule has 0 radical (unpaired) electrons. The first-order chi connectivity index (χ1) is 15.5. The van der Waals surface area contributed by atoms with Gasteiger partial charge in [-0.3, -0.25) is 4.98 Å². The van der Waals surface area contributed by atoms with E-state index < -0.39 is 5.82 Å². The van der Waals surface area contributed by atoms with Crippen LogP contribution in [-0.4, -0.2) is 48.9 Å². The molecule has 0 aliphatic carbocycles. The minimum absolute atomic E-state index is 0.0130. The van der Waals surface area contributed by atoms with E-state index in [2.05, 4.69) is 37.0 Å². The zero-order valence-corrected chi connectivity index (χ0v) is 18.9. The Balaban J connectivity index is 1.20. The summed E-state index contributed by atoms with van der Waals surface area (Å²) in [6.45, 7) is 7.87. The third-order valence-corrected chi connectivity index (χ3v) is 6.59. The minimum atomic E-state index is -0.407. The molecule has 0 amide bonds. The number of anilines is 1. The number of imidazole rings is 1. The first kappa shape index (κ1) is 20.8. The number of ether oxygens (including phenoxy) is 1. The zero-order chi connectivity index (χ0) is 22.2. The first-order valence-corrected chi connectivity index (χ1v) is 11.5. The van der Waals surface area contributed by atoms with Gasteiger partial charge in [-0.25, -0.2) is 13.9 Å². The largest absolute Gasteiger partial charge is 0.466 e. The molecule has 32 heavy (non-hydrogen) atoms. The highest BCUT2D eigenvalue weighted by molar-refractivity contribution is 7.18. The zero-order valence-electron chi connectivity index (χ0n) is 18.1. The van der Waals surface area contributed by atoms with Gasteiger partial charge < -0.3 is 14.2 Å². The summed E-state index contributed by atoms with van der Waals surface area (Å²) in [5.74, 6) is 0.979. The molecule has 4 aromatic rings. The number of piperidine rings is 1. The van der Waals surface area contributed by atoms with Crippen LogP contribution >= 0.6 is 11.3 Å². The maximum atomic E-state index is 14.0. The van der Waals surface area contributed by atoms with E-state index in [1.54, 1.807) is 23.0 Å². The molecule has 5 rings (SSSR count). The average molecular weight is 458 g/mol. The summed E-state index contributed by atoms with van der Waals surface area (Å²) < 4.78 is 27.2. The molecule has 1 atom stereocenters. The normalized spacial score (nSPS) is 16.2. The predicted molar refractivity (Wildman–Crippen MR) is 117 cm³/mol. The Bertz CT molecular complexity index is 1180. The van der Waals surface area contributed by atoms with Gasteiger partial charge in [0.15, 0.2) is 11.6 Å². The molecular formula is C21H24FN7O2S. The van der Waals surface area contributed by atoms with E-state index in [9.17, 15) is 4.39 Å². The molecule has 11 heteroatoms. The molecule has 1 aliphatic rings. The molecular weight excluding hydrogens is 433 g/mol. The minimum Gasteiger partial charge on any atom is -0.466 e. The SMILES string of the molecule is CC(C)c1noc(N2CCC(C(C)Oc3nn4cc(-c5ccncc5F)nc4s3)CC2)n1. The van der Waals surface area contributed by atoms with Gasteiger partial charge in [0.05, 0.1) is 18.1 Å². The number of aromatic nitrogens is 6. The molecule has 9 nitrogen and oxygen atoms in total. The fourth-order valence-electron chi connectivity index (χ4n) is 3.85. The quantitative estimate of drug-likeness (QED) is 0.426. The van der Waals surface area contributed by atoms with Gasteiger partial charge >= 0.3 is 6.01 Å². The Labute approximate surface area is 188 Å². The smallest absolute Gasteiger partial charge is 0.324 e. The van der Waals surface area contributed by atoms with Crippen molar-refractivity contribution >= 4 is 22.3 Å². The van der Waals surface area contributed by atoms with Crippen LogP contribution in [-0.2, 0) is 0 Å². The lowest BCUT2D eigenvalue weighted by Crippen LogP contribution is -2.38. The number of nitrogens with zero attached hydrogens (tertiary/aromatic N) is 7. The molecule has 0 N–H and O–H groups in total. The summed E-state index contributed by atoms with van der Waals surface area (Å²) >= 11 is 1.35. The molecule has 0 spiro atoms. The van der Waals surface area contributed by atoms with Gasteiger partial charge in [-0.2, -0.15) is 4.98 Å². The molecule has 0 saturated carbocycles. The molecule has 0 aromatic carbocycles. The monoisotopic (exact) mass is 457 g/mol. The molecule has 0 bridgehead atoms. The number of pyridine rings is 1. The molecule has 1 aliphatic heterocycles. The van der Waals surface area contributed by atoms with Gasteiger partial charge in [0.2, 0.25) is 4.96 Å². The summed E-state index contributed by atoms with van der Waals surface area (Å²) in [5, 5.41) is 9.09. The summed E-state index contributed by atoms with van der Waals surface area (Å²) in [6.07, 6.45) is 6.38. The van der Waals surface area contributed by atoms with Crippen LogP contribution in [0.2, 0.25) is 0 Å². The summed E-state index contributed by atoms with van der Waals surface area (Å²) in [6, 6.07) is 2.20. The second kappa shape index (κ2) is 8.45. The summed E-state index contributed by atoms with van der Waals surface area (Å²) in [7, 11) is 0. The van der Waals surface area contributed by atoms with Crippen LogP contribution in [0.25, 0.3) is 16.2 Å². The fraction of sp³-hybridized carbons (Fsp3) is 0.476. The van der Waals surface area contributed by atoms with Crippen LogP contribution in [0, 0.1) is 11.7 Å². The van der Waals surface area contributed by atoms with E-state index in [0.29, 0.717) is 33.3 Å². The lowest BCUT2D eigenvalue weighted by atomic mass is 9.92. The van der Waals surface area contributed by atoms with Crippen LogP contribution in [0.3, 0.4) is 0 Å². The molecule has 1 saturated heterocycles. The van der Waals surface area contributed by atoms with Crippen LogP contribution in [0.15, 0.2) is 29.2 Å². The highest BCUT2D eigenvalue weighted by Crippen LogP contribution is 2.31. The van der Waals surface area contributed by atoms with Gasteiger partial charge in [0, 0.05) is 30.8 Å². The number of rotatable bonds is 6. The summed E-state index contributed by atoms with van der Waals surface area (Å²) in [5.41, 5.74) is 0.930. The molecule has 1 fully saturated rings. The average Bonchev–Trinajstić information content (AvgIpc) is 3.49. The first-order valence-electron chi connectivity index (χ1n) is 10.7. The van der Waals surface area contributed by atoms with Gasteiger partial charge in [0.1, 0.15) is 6.10 Å². The molecule has 5 heterocycles. The van der Waals surface area contributed by atoms with Gasteiger partial charge in [-0.05, 0) is 43.1 Å². The molecule has 1 unspecified atom stereocenters. The van der Waals surface area contributed by atoms with Crippen molar-refractivity contribution in [3.63, 3.8) is 0 Å². The van der Waals surface area contributed by atoms with Crippen molar-refractivity contribution in [1.82, 2.24) is 29.7 Å². The number of hydrogen-bond donors (Lipinski definition) is 0. The third kappa shape index (κ3) is 4.04. The van der Waals surface area contributed by atoms with Gasteiger partial charge in [-0.15, -0.1) is 5.10 Å². The van der Waals surface area contributed by atoms with Crippen molar-refractivity contribution in [3.8, 4) is 16.5 Å². The van der Waals surface area contributed by atoms with E-state index in [4.69, 9.17) is 9.26 Å². The predicted octanol–water partition coefficient (Wildman–Crippen LogP) is 4.18. The van der Waals surface area contributed by atoms with Crippen LogP contribution in [0.5, 0.6) is 5.19 Å². The van der Waals surface area contributed by atoms with Crippen molar-refractivity contribution in [2.24, 2.45) is 5.92 Å². The Morgan fingerprint density at radius 3 is 2.72 bits per heavy atom. The number of hydrogen-bond acceptors (Lipinski definition) is 9. The Hall–Kier alpha value is -3.08. The second-order valence-electron chi connectivity index (χ2n) is 8.31. The Morgan fingerprint density at radius 2 is 2.03 bits per heavy atom. The van der Waals surface area contributed by atoms with Crippen molar-refractivity contribution in [3.05, 3.63) is 36.3 Å². The Morgan fingerprint density at radius 1 is 1.22 bits per heavy atom. The van der Waals surface area contributed by atoms with E-state index >= 15 is 0 Å². The highest BCUT2D eigenvalue weighted by atomic mass is 32.1.